The van der Waals surface area contributed by atoms with Crippen molar-refractivity contribution < 1.29 is 4.92 Å². The Hall–Kier alpha value is -2.98. The summed E-state index contributed by atoms with van der Waals surface area (Å²) in [6, 6.07) is 9.82. The molecule has 0 N–H and O–H groups in total. The third-order valence-electron chi connectivity index (χ3n) is 3.25. The van der Waals surface area contributed by atoms with Crippen molar-refractivity contribution in [3.05, 3.63) is 62.3 Å². The minimum atomic E-state index is -0.468. The van der Waals surface area contributed by atoms with Crippen LogP contribution < -0.4 is 5.01 Å². The third kappa shape index (κ3) is 3.86. The molecule has 0 saturated heterocycles. The van der Waals surface area contributed by atoms with E-state index in [1.54, 1.807) is 25.1 Å². The first-order valence-electron chi connectivity index (χ1n) is 7.09. The highest BCUT2D eigenvalue weighted by Crippen LogP contribution is 2.24. The average Bonchev–Trinajstić information content (AvgIpc) is 2.55. The fourth-order valence-electron chi connectivity index (χ4n) is 2.08. The Morgan fingerprint density at radius 1 is 1.50 bits per heavy atom. The molecule has 7 nitrogen and oxygen atoms in total. The Labute approximate surface area is 144 Å². The van der Waals surface area contributed by atoms with Crippen LogP contribution in [0.4, 0.5) is 11.5 Å². The molecule has 122 valence electrons. The smallest absolute Gasteiger partial charge is 0.258 e. The van der Waals surface area contributed by atoms with Crippen LogP contribution in [0.25, 0.3) is 0 Å². The Morgan fingerprint density at radius 3 is 2.88 bits per heavy atom. The zero-order chi connectivity index (χ0) is 17.7. The molecule has 0 spiro atoms. The molecule has 24 heavy (non-hydrogen) atoms. The summed E-state index contributed by atoms with van der Waals surface area (Å²) >= 11 is 5.98. The highest BCUT2D eigenvalue weighted by Gasteiger charge is 2.14. The Morgan fingerprint density at radius 2 is 2.25 bits per heavy atom. The van der Waals surface area contributed by atoms with Crippen LogP contribution in [0.2, 0.25) is 5.15 Å². The number of anilines is 1. The van der Waals surface area contributed by atoms with Gasteiger partial charge >= 0.3 is 0 Å². The lowest BCUT2D eigenvalue weighted by Crippen LogP contribution is -2.19. The maximum atomic E-state index is 10.8. The van der Waals surface area contributed by atoms with Crippen LogP contribution in [0, 0.1) is 28.4 Å². The minimum Gasteiger partial charge on any atom is -0.258 e. The fourth-order valence-corrected chi connectivity index (χ4v) is 2.33. The maximum Gasteiger partial charge on any atom is 0.270 e. The molecule has 0 atom stereocenters. The summed E-state index contributed by atoms with van der Waals surface area (Å²) in [6.07, 6.45) is 1.48. The van der Waals surface area contributed by atoms with E-state index in [1.807, 2.05) is 6.92 Å². The van der Waals surface area contributed by atoms with E-state index in [4.69, 9.17) is 11.6 Å². The van der Waals surface area contributed by atoms with E-state index < -0.39 is 4.92 Å². The standard InChI is InChI=1S/C16H14ClN5O2/c1-3-21(16-14(9-18)11(2)7-15(17)20-16)19-10-12-5-4-6-13(8-12)22(23)24/h4-8,10H,3H2,1-2H3. The lowest BCUT2D eigenvalue weighted by molar-refractivity contribution is -0.384. The molecule has 0 saturated carbocycles. The summed E-state index contributed by atoms with van der Waals surface area (Å²) in [7, 11) is 0. The van der Waals surface area contributed by atoms with Crippen molar-refractivity contribution in [3.63, 3.8) is 0 Å². The molecule has 0 aliphatic carbocycles. The summed E-state index contributed by atoms with van der Waals surface area (Å²) in [5.41, 5.74) is 1.64. The first kappa shape index (κ1) is 17.4. The number of nitrogens with zero attached hydrogens (tertiary/aromatic N) is 5. The number of nitriles is 1. The van der Waals surface area contributed by atoms with Gasteiger partial charge in [-0.1, -0.05) is 23.7 Å². The molecule has 0 fully saturated rings. The molecular formula is C16H14ClN5O2. The Balaban J connectivity index is 2.39. The predicted molar refractivity (Wildman–Crippen MR) is 92.4 cm³/mol. The predicted octanol–water partition coefficient (Wildman–Crippen LogP) is 3.68. The van der Waals surface area contributed by atoms with Crippen LogP contribution in [0.3, 0.4) is 0 Å². The maximum absolute atomic E-state index is 10.8. The summed E-state index contributed by atoms with van der Waals surface area (Å²) < 4.78 is 0. The highest BCUT2D eigenvalue weighted by atomic mass is 35.5. The van der Waals surface area contributed by atoms with Crippen LogP contribution >= 0.6 is 11.6 Å². The van der Waals surface area contributed by atoms with Crippen molar-refractivity contribution in [2.45, 2.75) is 13.8 Å². The Bertz CT molecular complexity index is 845. The average molecular weight is 344 g/mol. The topological polar surface area (TPSA) is 95.4 Å². The van der Waals surface area contributed by atoms with Gasteiger partial charge in [-0.15, -0.1) is 0 Å². The van der Waals surface area contributed by atoms with Crippen LogP contribution in [-0.2, 0) is 0 Å². The number of halogens is 1. The molecular weight excluding hydrogens is 330 g/mol. The van der Waals surface area contributed by atoms with Gasteiger partial charge in [0, 0.05) is 24.2 Å². The molecule has 2 aromatic rings. The number of hydrogen-bond donors (Lipinski definition) is 0. The second-order valence-electron chi connectivity index (χ2n) is 4.88. The monoisotopic (exact) mass is 343 g/mol. The van der Waals surface area contributed by atoms with Gasteiger partial charge in [0.1, 0.15) is 11.2 Å². The van der Waals surface area contributed by atoms with Crippen molar-refractivity contribution in [2.75, 3.05) is 11.6 Å². The number of aryl methyl sites for hydroxylation is 1. The van der Waals surface area contributed by atoms with Gasteiger partial charge in [-0.3, -0.25) is 10.1 Å². The molecule has 0 bridgehead atoms. The lowest BCUT2D eigenvalue weighted by atomic mass is 10.1. The van der Waals surface area contributed by atoms with E-state index in [2.05, 4.69) is 16.2 Å². The third-order valence-corrected chi connectivity index (χ3v) is 3.44. The van der Waals surface area contributed by atoms with E-state index in [1.165, 1.54) is 23.4 Å². The Kier molecular flexibility index (Phi) is 5.45. The van der Waals surface area contributed by atoms with E-state index in [0.29, 0.717) is 29.1 Å². The van der Waals surface area contributed by atoms with Crippen molar-refractivity contribution in [1.29, 1.82) is 5.26 Å². The normalized spacial score (nSPS) is 10.6. The first-order valence-corrected chi connectivity index (χ1v) is 7.47. The zero-order valence-electron chi connectivity index (χ0n) is 13.1. The molecule has 0 aliphatic heterocycles. The molecule has 0 amide bonds. The molecule has 8 heteroatoms. The number of nitro benzene ring substituents is 1. The van der Waals surface area contributed by atoms with E-state index in [9.17, 15) is 15.4 Å². The van der Waals surface area contributed by atoms with Gasteiger partial charge < -0.3 is 0 Å². The molecule has 0 radical (unpaired) electrons. The molecule has 1 heterocycles. The number of benzene rings is 1. The largest absolute Gasteiger partial charge is 0.270 e. The second kappa shape index (κ2) is 7.53. The minimum absolute atomic E-state index is 0.0172. The van der Waals surface area contributed by atoms with Crippen molar-refractivity contribution in [1.82, 2.24) is 4.98 Å². The zero-order valence-corrected chi connectivity index (χ0v) is 13.9. The second-order valence-corrected chi connectivity index (χ2v) is 5.27. The summed E-state index contributed by atoms with van der Waals surface area (Å²) in [6.45, 7) is 4.07. The van der Waals surface area contributed by atoms with Crippen LogP contribution in [0.1, 0.15) is 23.6 Å². The summed E-state index contributed by atoms with van der Waals surface area (Å²) in [5.74, 6) is 0.353. The van der Waals surface area contributed by atoms with E-state index >= 15 is 0 Å². The lowest BCUT2D eigenvalue weighted by Gasteiger charge is -2.18. The number of rotatable bonds is 5. The summed E-state index contributed by atoms with van der Waals surface area (Å²) in [5, 5.41) is 26.2. The van der Waals surface area contributed by atoms with Gasteiger partial charge in [-0.25, -0.2) is 9.99 Å². The number of hydrazone groups is 1. The highest BCUT2D eigenvalue weighted by molar-refractivity contribution is 6.29. The van der Waals surface area contributed by atoms with Crippen molar-refractivity contribution >= 4 is 29.3 Å². The van der Waals surface area contributed by atoms with Gasteiger partial charge in [0.25, 0.3) is 5.69 Å². The number of non-ortho nitro benzene ring substituents is 1. The number of hydrogen-bond acceptors (Lipinski definition) is 6. The van der Waals surface area contributed by atoms with Gasteiger partial charge in [-0.05, 0) is 25.5 Å². The van der Waals surface area contributed by atoms with Gasteiger partial charge in [0.05, 0.1) is 16.7 Å². The van der Waals surface area contributed by atoms with E-state index in [-0.39, 0.29) is 10.8 Å². The quantitative estimate of drug-likeness (QED) is 0.357. The number of nitro groups is 1. The van der Waals surface area contributed by atoms with Gasteiger partial charge in [-0.2, -0.15) is 10.4 Å². The van der Waals surface area contributed by atoms with Crippen LogP contribution in [0.5, 0.6) is 0 Å². The van der Waals surface area contributed by atoms with Gasteiger partial charge in [0.15, 0.2) is 5.82 Å². The SMILES string of the molecule is CCN(N=Cc1cccc([N+](=O)[O-])c1)c1nc(Cl)cc(C)c1C#N. The van der Waals surface area contributed by atoms with Crippen molar-refractivity contribution in [3.8, 4) is 6.07 Å². The van der Waals surface area contributed by atoms with Gasteiger partial charge in [0.2, 0.25) is 0 Å². The number of pyridine rings is 1. The van der Waals surface area contributed by atoms with E-state index in [0.717, 1.165) is 0 Å². The molecule has 1 aromatic carbocycles. The molecule has 0 unspecified atom stereocenters. The fraction of sp³-hybridized carbons (Fsp3) is 0.188. The molecule has 2 rings (SSSR count). The van der Waals surface area contributed by atoms with Crippen LogP contribution in [0.15, 0.2) is 35.4 Å². The first-order chi connectivity index (χ1) is 11.5. The van der Waals surface area contributed by atoms with Crippen molar-refractivity contribution in [2.24, 2.45) is 5.10 Å². The molecule has 0 aliphatic rings. The summed E-state index contributed by atoms with van der Waals surface area (Å²) in [4.78, 5) is 14.5. The number of aromatic nitrogens is 1. The molecule has 1 aromatic heterocycles. The van der Waals surface area contributed by atoms with Crippen LogP contribution in [-0.4, -0.2) is 22.7 Å².